The first-order valence-corrected chi connectivity index (χ1v) is 12.9. The number of aryl methyl sites for hydroxylation is 1. The van der Waals surface area contributed by atoms with Crippen LogP contribution in [0.3, 0.4) is 0 Å². The maximum absolute atomic E-state index is 13.2. The second-order valence-corrected chi connectivity index (χ2v) is 9.87. The number of hydrogen-bond donors (Lipinski definition) is 1. The van der Waals surface area contributed by atoms with Crippen LogP contribution in [0.2, 0.25) is 0 Å². The zero-order valence-electron chi connectivity index (χ0n) is 20.9. The quantitative estimate of drug-likeness (QED) is 0.332. The summed E-state index contributed by atoms with van der Waals surface area (Å²) in [5.41, 5.74) is 6.75. The number of nitrogens with one attached hydrogen (secondary N) is 1. The van der Waals surface area contributed by atoms with Crippen molar-refractivity contribution in [3.8, 4) is 5.75 Å². The van der Waals surface area contributed by atoms with Crippen molar-refractivity contribution >= 4 is 11.0 Å². The van der Waals surface area contributed by atoms with Crippen LogP contribution < -0.4 is 15.3 Å². The first kappa shape index (κ1) is 23.3. The molecule has 4 aromatic carbocycles. The first-order valence-electron chi connectivity index (χ1n) is 12.9. The van der Waals surface area contributed by atoms with E-state index < -0.39 is 0 Å². The Morgan fingerprint density at radius 2 is 1.43 bits per heavy atom. The molecule has 0 bridgehead atoms. The molecule has 6 rings (SSSR count). The third kappa shape index (κ3) is 4.68. The van der Waals surface area contributed by atoms with Crippen LogP contribution in [-0.2, 0) is 13.0 Å². The summed E-state index contributed by atoms with van der Waals surface area (Å²) in [5, 5.41) is 0.983. The van der Waals surface area contributed by atoms with Gasteiger partial charge in [0.2, 0.25) is 6.73 Å². The lowest BCUT2D eigenvalue weighted by molar-refractivity contribution is -0.933. The summed E-state index contributed by atoms with van der Waals surface area (Å²) >= 11 is 0. The third-order valence-corrected chi connectivity index (χ3v) is 7.49. The van der Waals surface area contributed by atoms with Crippen LogP contribution in [0.5, 0.6) is 5.75 Å². The third-order valence-electron chi connectivity index (χ3n) is 7.49. The van der Waals surface area contributed by atoms with Crippen molar-refractivity contribution in [2.45, 2.75) is 25.8 Å². The number of quaternary nitrogens is 1. The fraction of sp³-hybridized carbons (Fsp3) is 0.182. The van der Waals surface area contributed by atoms with Crippen molar-refractivity contribution in [3.05, 3.63) is 147 Å². The predicted molar refractivity (Wildman–Crippen MR) is 146 cm³/mol. The van der Waals surface area contributed by atoms with E-state index in [1.165, 1.54) is 16.0 Å². The summed E-state index contributed by atoms with van der Waals surface area (Å²) in [5.74, 6) is 1.05. The van der Waals surface area contributed by atoms with Gasteiger partial charge in [0, 0.05) is 17.4 Å². The molecule has 1 unspecified atom stereocenters. The van der Waals surface area contributed by atoms with Gasteiger partial charge in [0.15, 0.2) is 5.58 Å². The highest BCUT2D eigenvalue weighted by atomic mass is 16.5. The van der Waals surface area contributed by atoms with Crippen molar-refractivity contribution in [1.82, 2.24) is 0 Å². The summed E-state index contributed by atoms with van der Waals surface area (Å²) in [7, 11) is 0. The van der Waals surface area contributed by atoms with Crippen LogP contribution >= 0.6 is 0 Å². The van der Waals surface area contributed by atoms with Crippen molar-refractivity contribution in [3.63, 3.8) is 0 Å². The standard InChI is InChI=1S/C33H29NO3/c1-23-27-17-18-31-30(32(27)37-33(35)28(23)19-24-11-5-2-6-12-24)21-34(22-36-31)20-29(25-13-7-3-8-14-25)26-15-9-4-10-16-26/h2-18,29H,19-22H2,1H3/p+1. The van der Waals surface area contributed by atoms with E-state index in [4.69, 9.17) is 9.15 Å². The number of benzene rings is 4. The largest absolute Gasteiger partial charge is 0.445 e. The first-order chi connectivity index (χ1) is 18.2. The smallest absolute Gasteiger partial charge is 0.340 e. The fourth-order valence-electron chi connectivity index (χ4n) is 5.50. The second-order valence-electron chi connectivity index (χ2n) is 9.87. The zero-order chi connectivity index (χ0) is 25.2. The Bertz CT molecular complexity index is 1540. The van der Waals surface area contributed by atoms with Gasteiger partial charge in [-0.15, -0.1) is 0 Å². The lowest BCUT2D eigenvalue weighted by atomic mass is 9.90. The topological polar surface area (TPSA) is 43.9 Å². The summed E-state index contributed by atoms with van der Waals surface area (Å²) in [6.45, 7) is 4.21. The normalized spacial score (nSPS) is 14.9. The Morgan fingerprint density at radius 3 is 2.08 bits per heavy atom. The molecule has 0 saturated carbocycles. The molecular formula is C33H30NO3+. The molecule has 0 fully saturated rings. The van der Waals surface area contributed by atoms with Gasteiger partial charge in [0.25, 0.3) is 0 Å². The van der Waals surface area contributed by atoms with E-state index in [0.717, 1.165) is 40.9 Å². The van der Waals surface area contributed by atoms with E-state index in [-0.39, 0.29) is 11.5 Å². The van der Waals surface area contributed by atoms with Crippen LogP contribution in [0.4, 0.5) is 0 Å². The number of rotatable bonds is 6. The molecular weight excluding hydrogens is 458 g/mol. The van der Waals surface area contributed by atoms with Gasteiger partial charge in [0.05, 0.1) is 18.0 Å². The minimum Gasteiger partial charge on any atom is -0.445 e. The van der Waals surface area contributed by atoms with Gasteiger partial charge in [-0.25, -0.2) is 4.79 Å². The molecule has 4 heteroatoms. The van der Waals surface area contributed by atoms with Gasteiger partial charge >= 0.3 is 5.63 Å². The lowest BCUT2D eigenvalue weighted by Crippen LogP contribution is -3.12. The Morgan fingerprint density at radius 1 is 0.811 bits per heavy atom. The Hall–Kier alpha value is -4.15. The summed E-state index contributed by atoms with van der Waals surface area (Å²) < 4.78 is 12.2. The molecule has 5 aromatic rings. The van der Waals surface area contributed by atoms with Gasteiger partial charge in [-0.3, -0.25) is 4.90 Å². The molecule has 0 aliphatic carbocycles. The molecule has 0 radical (unpaired) electrons. The van der Waals surface area contributed by atoms with Gasteiger partial charge in [-0.2, -0.15) is 0 Å². The van der Waals surface area contributed by atoms with Gasteiger partial charge in [-0.1, -0.05) is 91.0 Å². The van der Waals surface area contributed by atoms with Crippen LogP contribution in [0, 0.1) is 6.92 Å². The highest BCUT2D eigenvalue weighted by Crippen LogP contribution is 2.32. The molecule has 1 aliphatic heterocycles. The van der Waals surface area contributed by atoms with Crippen LogP contribution in [0.1, 0.15) is 39.3 Å². The Labute approximate surface area is 216 Å². The van der Waals surface area contributed by atoms with Gasteiger partial charge < -0.3 is 9.15 Å². The monoisotopic (exact) mass is 488 g/mol. The average molecular weight is 489 g/mol. The molecule has 1 N–H and O–H groups in total. The molecule has 184 valence electrons. The molecule has 1 aromatic heterocycles. The van der Waals surface area contributed by atoms with E-state index in [1.54, 1.807) is 0 Å². The fourth-order valence-corrected chi connectivity index (χ4v) is 5.50. The predicted octanol–water partition coefficient (Wildman–Crippen LogP) is 5.26. The Kier molecular flexibility index (Phi) is 6.33. The van der Waals surface area contributed by atoms with E-state index in [0.29, 0.717) is 24.3 Å². The number of fused-ring (bicyclic) bond motifs is 3. The lowest BCUT2D eigenvalue weighted by Gasteiger charge is -2.30. The molecule has 1 aliphatic rings. The Balaban J connectivity index is 1.34. The molecule has 1 atom stereocenters. The number of hydrogen-bond acceptors (Lipinski definition) is 3. The maximum Gasteiger partial charge on any atom is 0.340 e. The van der Waals surface area contributed by atoms with Crippen molar-refractivity contribution in [1.29, 1.82) is 0 Å². The SMILES string of the molecule is Cc1c(Cc2ccccc2)c(=O)oc2c3c(ccc12)OC[NH+](CC(c1ccccc1)c1ccccc1)C3. The molecule has 37 heavy (non-hydrogen) atoms. The van der Waals surface area contributed by atoms with Gasteiger partial charge in [0.1, 0.15) is 12.3 Å². The highest BCUT2D eigenvalue weighted by molar-refractivity contribution is 5.86. The summed E-state index contributed by atoms with van der Waals surface area (Å²) in [4.78, 5) is 14.5. The summed E-state index contributed by atoms with van der Waals surface area (Å²) in [6.07, 6.45) is 0.561. The molecule has 0 amide bonds. The molecule has 0 spiro atoms. The molecule has 2 heterocycles. The van der Waals surface area contributed by atoms with Crippen LogP contribution in [-0.4, -0.2) is 13.3 Å². The molecule has 0 saturated heterocycles. The minimum atomic E-state index is -0.263. The maximum atomic E-state index is 13.2. The van der Waals surface area contributed by atoms with Crippen molar-refractivity contribution in [2.24, 2.45) is 0 Å². The average Bonchev–Trinajstić information content (AvgIpc) is 2.95. The van der Waals surface area contributed by atoms with E-state index in [2.05, 4.69) is 60.7 Å². The van der Waals surface area contributed by atoms with Crippen LogP contribution in [0.15, 0.2) is 112 Å². The summed E-state index contributed by atoms with van der Waals surface area (Å²) in [6, 6.07) is 35.4. The minimum absolute atomic E-state index is 0.240. The second kappa shape index (κ2) is 10.1. The van der Waals surface area contributed by atoms with Gasteiger partial charge in [-0.05, 0) is 41.3 Å². The van der Waals surface area contributed by atoms with Crippen LogP contribution in [0.25, 0.3) is 11.0 Å². The van der Waals surface area contributed by atoms with E-state index in [1.807, 2.05) is 49.4 Å². The van der Waals surface area contributed by atoms with Crippen molar-refractivity contribution < 1.29 is 14.1 Å². The molecule has 4 nitrogen and oxygen atoms in total. The van der Waals surface area contributed by atoms with Crippen molar-refractivity contribution in [2.75, 3.05) is 13.3 Å². The van der Waals surface area contributed by atoms with E-state index >= 15 is 0 Å². The zero-order valence-corrected chi connectivity index (χ0v) is 20.9. The van der Waals surface area contributed by atoms with E-state index in [9.17, 15) is 4.79 Å². The number of ether oxygens (including phenoxy) is 1. The highest BCUT2D eigenvalue weighted by Gasteiger charge is 2.29.